The molecule has 1 aliphatic carbocycles. The first-order valence-corrected chi connectivity index (χ1v) is 10.1. The van der Waals surface area contributed by atoms with Gasteiger partial charge < -0.3 is 4.90 Å². The second kappa shape index (κ2) is 7.67. The predicted octanol–water partition coefficient (Wildman–Crippen LogP) is 4.54. The van der Waals surface area contributed by atoms with E-state index in [9.17, 15) is 9.59 Å². The minimum Gasteiger partial charge on any atom is -0.342 e. The standard InChI is InChI=1S/C24H27NO2/c1-17-6-2-4-8-21(17)19-12-14-25(15-13-19)24(27)20-11-10-18-7-3-5-9-22(18)23(26)16-20/h2-9,19-20H,10-16H2,1H3. The van der Waals surface area contributed by atoms with E-state index in [1.54, 1.807) is 0 Å². The topological polar surface area (TPSA) is 37.4 Å². The number of nitrogens with zero attached hydrogens (tertiary/aromatic N) is 1. The van der Waals surface area contributed by atoms with Crippen molar-refractivity contribution in [1.29, 1.82) is 0 Å². The lowest BCUT2D eigenvalue weighted by Crippen LogP contribution is -2.41. The molecule has 4 rings (SSSR count). The summed E-state index contributed by atoms with van der Waals surface area (Å²) in [5, 5.41) is 0. The summed E-state index contributed by atoms with van der Waals surface area (Å²) in [4.78, 5) is 27.7. The Balaban J connectivity index is 1.40. The zero-order valence-corrected chi connectivity index (χ0v) is 16.0. The molecule has 2 aromatic carbocycles. The quantitative estimate of drug-likeness (QED) is 0.737. The van der Waals surface area contributed by atoms with E-state index in [1.807, 2.05) is 29.2 Å². The van der Waals surface area contributed by atoms with Crippen molar-refractivity contribution in [3.63, 3.8) is 0 Å². The number of ketones is 1. The summed E-state index contributed by atoms with van der Waals surface area (Å²) in [6, 6.07) is 16.4. The average molecular weight is 361 g/mol. The number of aryl methyl sites for hydroxylation is 2. The van der Waals surface area contributed by atoms with E-state index in [0.717, 1.165) is 49.9 Å². The van der Waals surface area contributed by atoms with Crippen molar-refractivity contribution in [2.24, 2.45) is 5.92 Å². The van der Waals surface area contributed by atoms with Crippen LogP contribution < -0.4 is 0 Å². The number of Topliss-reactive ketones (excluding diaryl/α,β-unsaturated/α-hetero) is 1. The van der Waals surface area contributed by atoms with E-state index in [2.05, 4.69) is 31.2 Å². The van der Waals surface area contributed by atoms with Gasteiger partial charge in [-0.25, -0.2) is 0 Å². The van der Waals surface area contributed by atoms with Gasteiger partial charge in [0.05, 0.1) is 0 Å². The number of likely N-dealkylation sites (tertiary alicyclic amines) is 1. The minimum atomic E-state index is -0.167. The predicted molar refractivity (Wildman–Crippen MR) is 107 cm³/mol. The van der Waals surface area contributed by atoms with Crippen LogP contribution in [0.15, 0.2) is 48.5 Å². The van der Waals surface area contributed by atoms with Gasteiger partial charge in [0.2, 0.25) is 5.91 Å². The van der Waals surface area contributed by atoms with Crippen LogP contribution in [0.4, 0.5) is 0 Å². The van der Waals surface area contributed by atoms with E-state index in [4.69, 9.17) is 0 Å². The van der Waals surface area contributed by atoms with Crippen LogP contribution in [-0.4, -0.2) is 29.7 Å². The normalized spacial score (nSPS) is 20.9. The van der Waals surface area contributed by atoms with Gasteiger partial charge in [-0.1, -0.05) is 48.5 Å². The summed E-state index contributed by atoms with van der Waals surface area (Å²) < 4.78 is 0. The molecule has 3 nitrogen and oxygen atoms in total. The summed E-state index contributed by atoms with van der Waals surface area (Å²) in [6.07, 6.45) is 3.97. The van der Waals surface area contributed by atoms with Gasteiger partial charge in [-0.3, -0.25) is 9.59 Å². The SMILES string of the molecule is Cc1ccccc1C1CCN(C(=O)C2CCc3ccccc3C(=O)C2)CC1. The van der Waals surface area contributed by atoms with Crippen LogP contribution in [0, 0.1) is 12.8 Å². The Morgan fingerprint density at radius 1 is 0.963 bits per heavy atom. The third kappa shape index (κ3) is 3.69. The first-order valence-electron chi connectivity index (χ1n) is 10.1. The Hall–Kier alpha value is -2.42. The third-order valence-corrected chi connectivity index (χ3v) is 6.30. The summed E-state index contributed by atoms with van der Waals surface area (Å²) >= 11 is 0. The number of benzene rings is 2. The van der Waals surface area contributed by atoms with Crippen molar-refractivity contribution in [2.45, 2.75) is 44.9 Å². The van der Waals surface area contributed by atoms with Crippen molar-refractivity contribution in [3.05, 3.63) is 70.8 Å². The molecule has 0 spiro atoms. The zero-order valence-electron chi connectivity index (χ0n) is 16.0. The van der Waals surface area contributed by atoms with Gasteiger partial charge in [-0.15, -0.1) is 0 Å². The Labute approximate surface area is 161 Å². The summed E-state index contributed by atoms with van der Waals surface area (Å²) in [6.45, 7) is 3.77. The van der Waals surface area contributed by atoms with Crippen molar-refractivity contribution < 1.29 is 9.59 Å². The number of rotatable bonds is 2. The molecular formula is C24H27NO2. The van der Waals surface area contributed by atoms with Crippen LogP contribution in [0.2, 0.25) is 0 Å². The van der Waals surface area contributed by atoms with Crippen molar-refractivity contribution in [3.8, 4) is 0 Å². The number of hydrogen-bond acceptors (Lipinski definition) is 2. The molecule has 0 radical (unpaired) electrons. The minimum absolute atomic E-state index is 0.122. The van der Waals surface area contributed by atoms with Crippen LogP contribution in [0.3, 0.4) is 0 Å². The van der Waals surface area contributed by atoms with E-state index in [1.165, 1.54) is 11.1 Å². The number of carbonyl (C=O) groups excluding carboxylic acids is 2. The highest BCUT2D eigenvalue weighted by Gasteiger charge is 2.32. The Morgan fingerprint density at radius 3 is 2.44 bits per heavy atom. The molecule has 1 heterocycles. The molecule has 27 heavy (non-hydrogen) atoms. The molecule has 140 valence electrons. The molecule has 0 saturated carbocycles. The molecule has 1 unspecified atom stereocenters. The number of amides is 1. The van der Waals surface area contributed by atoms with Gasteiger partial charge in [0.25, 0.3) is 0 Å². The van der Waals surface area contributed by atoms with Crippen LogP contribution in [0.25, 0.3) is 0 Å². The number of piperidine rings is 1. The molecule has 1 fully saturated rings. The fraction of sp³-hybridized carbons (Fsp3) is 0.417. The molecular weight excluding hydrogens is 334 g/mol. The van der Waals surface area contributed by atoms with Gasteiger partial charge in [0.15, 0.2) is 5.78 Å². The fourth-order valence-corrected chi connectivity index (χ4v) is 4.70. The van der Waals surface area contributed by atoms with E-state index in [-0.39, 0.29) is 17.6 Å². The van der Waals surface area contributed by atoms with Crippen LogP contribution >= 0.6 is 0 Å². The molecule has 0 aromatic heterocycles. The van der Waals surface area contributed by atoms with E-state index < -0.39 is 0 Å². The molecule has 2 aromatic rings. The number of hydrogen-bond donors (Lipinski definition) is 0. The first kappa shape index (κ1) is 18.0. The molecule has 0 bridgehead atoms. The molecule has 0 N–H and O–H groups in total. The lowest BCUT2D eigenvalue weighted by molar-refractivity contribution is -0.136. The monoisotopic (exact) mass is 361 g/mol. The molecule has 1 saturated heterocycles. The van der Waals surface area contributed by atoms with E-state index >= 15 is 0 Å². The lowest BCUT2D eigenvalue weighted by atomic mass is 9.86. The third-order valence-electron chi connectivity index (χ3n) is 6.30. The van der Waals surface area contributed by atoms with Gasteiger partial charge in [0, 0.05) is 31.0 Å². The van der Waals surface area contributed by atoms with Gasteiger partial charge in [-0.2, -0.15) is 0 Å². The zero-order chi connectivity index (χ0) is 18.8. The smallest absolute Gasteiger partial charge is 0.226 e. The molecule has 1 atom stereocenters. The van der Waals surface area contributed by atoms with E-state index in [0.29, 0.717) is 12.3 Å². The van der Waals surface area contributed by atoms with Crippen molar-refractivity contribution in [2.75, 3.05) is 13.1 Å². The highest BCUT2D eigenvalue weighted by molar-refractivity contribution is 6.00. The largest absolute Gasteiger partial charge is 0.342 e. The maximum atomic E-state index is 13.1. The molecule has 2 aliphatic rings. The molecule has 1 amide bonds. The van der Waals surface area contributed by atoms with Crippen LogP contribution in [-0.2, 0) is 11.2 Å². The Kier molecular flexibility index (Phi) is 5.11. The fourth-order valence-electron chi connectivity index (χ4n) is 4.70. The van der Waals surface area contributed by atoms with Gasteiger partial charge >= 0.3 is 0 Å². The highest BCUT2D eigenvalue weighted by atomic mass is 16.2. The first-order chi connectivity index (χ1) is 13.1. The molecule has 3 heteroatoms. The highest BCUT2D eigenvalue weighted by Crippen LogP contribution is 2.32. The Bertz CT molecular complexity index is 849. The average Bonchev–Trinajstić information content (AvgIpc) is 2.87. The van der Waals surface area contributed by atoms with Crippen molar-refractivity contribution >= 4 is 11.7 Å². The van der Waals surface area contributed by atoms with Gasteiger partial charge in [0.1, 0.15) is 0 Å². The second-order valence-electron chi connectivity index (χ2n) is 7.98. The second-order valence-corrected chi connectivity index (χ2v) is 7.98. The van der Waals surface area contributed by atoms with Gasteiger partial charge in [-0.05, 0) is 55.2 Å². The molecule has 1 aliphatic heterocycles. The van der Waals surface area contributed by atoms with Crippen LogP contribution in [0.1, 0.15) is 58.6 Å². The maximum Gasteiger partial charge on any atom is 0.226 e. The summed E-state index contributed by atoms with van der Waals surface area (Å²) in [5.74, 6) is 0.672. The summed E-state index contributed by atoms with van der Waals surface area (Å²) in [5.41, 5.74) is 4.67. The summed E-state index contributed by atoms with van der Waals surface area (Å²) in [7, 11) is 0. The number of carbonyl (C=O) groups is 2. The maximum absolute atomic E-state index is 13.1. The number of fused-ring (bicyclic) bond motifs is 1. The lowest BCUT2D eigenvalue weighted by Gasteiger charge is -2.34. The van der Waals surface area contributed by atoms with Crippen LogP contribution in [0.5, 0.6) is 0 Å². The Morgan fingerprint density at radius 2 is 1.67 bits per heavy atom. The van der Waals surface area contributed by atoms with Crippen molar-refractivity contribution in [1.82, 2.24) is 4.90 Å².